The zero-order chi connectivity index (χ0) is 17.1. The predicted octanol–water partition coefficient (Wildman–Crippen LogP) is 2.86. The summed E-state index contributed by atoms with van der Waals surface area (Å²) < 4.78 is 10.9. The van der Waals surface area contributed by atoms with Gasteiger partial charge < -0.3 is 20.1 Å². The Morgan fingerprint density at radius 1 is 1.38 bits per heavy atom. The number of methoxy groups -OCH3 is 1. The van der Waals surface area contributed by atoms with Crippen LogP contribution in [0.2, 0.25) is 5.02 Å². The molecule has 1 atom stereocenters. The van der Waals surface area contributed by atoms with Crippen LogP contribution in [0, 0.1) is 0 Å². The molecule has 0 radical (unpaired) electrons. The van der Waals surface area contributed by atoms with E-state index in [1.54, 1.807) is 7.11 Å². The molecule has 24 heavy (non-hydrogen) atoms. The minimum atomic E-state index is 0.277. The molecule has 1 aliphatic rings. The van der Waals surface area contributed by atoms with Crippen molar-refractivity contribution >= 4 is 23.4 Å². The number of benzene rings is 1. The zero-order valence-electron chi connectivity index (χ0n) is 13.8. The number of halogens is 1. The number of nitrogens with zero attached hydrogens (tertiary/aromatic N) is 3. The summed E-state index contributed by atoms with van der Waals surface area (Å²) in [6.07, 6.45) is 0.960. The molecule has 1 saturated heterocycles. The van der Waals surface area contributed by atoms with E-state index >= 15 is 0 Å². The van der Waals surface area contributed by atoms with Gasteiger partial charge in [-0.1, -0.05) is 11.6 Å². The highest BCUT2D eigenvalue weighted by Gasteiger charge is 2.21. The van der Waals surface area contributed by atoms with Gasteiger partial charge >= 0.3 is 0 Å². The van der Waals surface area contributed by atoms with Crippen LogP contribution < -0.4 is 15.4 Å². The van der Waals surface area contributed by atoms with Crippen LogP contribution in [0.3, 0.4) is 0 Å². The highest BCUT2D eigenvalue weighted by atomic mass is 35.5. The maximum absolute atomic E-state index is 6.11. The monoisotopic (exact) mass is 348 g/mol. The molecule has 1 fully saturated rings. The van der Waals surface area contributed by atoms with E-state index in [1.807, 2.05) is 36.2 Å². The van der Waals surface area contributed by atoms with E-state index in [0.717, 1.165) is 35.9 Å². The first-order valence-corrected chi connectivity index (χ1v) is 8.20. The molecule has 2 N–H and O–H groups in total. The van der Waals surface area contributed by atoms with Gasteiger partial charge in [0.15, 0.2) is 0 Å². The second-order valence-electron chi connectivity index (χ2n) is 5.88. The SMILES string of the molecule is COc1ccc(Cl)cc1CN(C)c1cc([C@H]2CCOC2)nc(N)n1. The van der Waals surface area contributed by atoms with Gasteiger partial charge in [-0.25, -0.2) is 4.98 Å². The van der Waals surface area contributed by atoms with E-state index in [0.29, 0.717) is 18.2 Å². The summed E-state index contributed by atoms with van der Waals surface area (Å²) >= 11 is 6.11. The quantitative estimate of drug-likeness (QED) is 0.895. The molecule has 2 heterocycles. The molecule has 128 valence electrons. The van der Waals surface area contributed by atoms with Crippen molar-refractivity contribution in [2.45, 2.75) is 18.9 Å². The van der Waals surface area contributed by atoms with Gasteiger partial charge in [0.1, 0.15) is 11.6 Å². The van der Waals surface area contributed by atoms with Gasteiger partial charge in [-0.2, -0.15) is 4.98 Å². The van der Waals surface area contributed by atoms with Crippen LogP contribution in [0.4, 0.5) is 11.8 Å². The average molecular weight is 349 g/mol. The summed E-state index contributed by atoms with van der Waals surface area (Å²) in [5, 5.41) is 0.671. The number of ether oxygens (including phenoxy) is 2. The topological polar surface area (TPSA) is 73.5 Å². The maximum Gasteiger partial charge on any atom is 0.222 e. The third kappa shape index (κ3) is 3.71. The summed E-state index contributed by atoms with van der Waals surface area (Å²) in [5.41, 5.74) is 7.82. The van der Waals surface area contributed by atoms with E-state index in [4.69, 9.17) is 26.8 Å². The van der Waals surface area contributed by atoms with E-state index < -0.39 is 0 Å². The number of aromatic nitrogens is 2. The molecule has 0 unspecified atom stereocenters. The Balaban J connectivity index is 1.84. The highest BCUT2D eigenvalue weighted by molar-refractivity contribution is 6.30. The van der Waals surface area contributed by atoms with Crippen LogP contribution in [-0.2, 0) is 11.3 Å². The Labute approximate surface area is 146 Å². The fourth-order valence-electron chi connectivity index (χ4n) is 2.85. The molecule has 6 nitrogen and oxygen atoms in total. The fraction of sp³-hybridized carbons (Fsp3) is 0.412. The summed E-state index contributed by atoms with van der Waals surface area (Å²) in [4.78, 5) is 10.7. The number of rotatable bonds is 5. The summed E-state index contributed by atoms with van der Waals surface area (Å²) in [7, 11) is 3.60. The molecular formula is C17H21ClN4O2. The summed E-state index contributed by atoms with van der Waals surface area (Å²) in [6, 6.07) is 7.55. The Kier molecular flexibility index (Phi) is 5.06. The summed E-state index contributed by atoms with van der Waals surface area (Å²) in [6.45, 7) is 2.04. The van der Waals surface area contributed by atoms with Crippen LogP contribution in [0.5, 0.6) is 5.75 Å². The molecule has 0 saturated carbocycles. The first kappa shape index (κ1) is 16.8. The normalized spacial score (nSPS) is 17.0. The zero-order valence-corrected chi connectivity index (χ0v) is 14.6. The molecule has 1 aromatic heterocycles. The number of nitrogen functional groups attached to an aromatic ring is 1. The van der Waals surface area contributed by atoms with Crippen molar-refractivity contribution in [1.82, 2.24) is 9.97 Å². The number of nitrogens with two attached hydrogens (primary N) is 1. The van der Waals surface area contributed by atoms with E-state index in [9.17, 15) is 0 Å². The molecule has 0 aliphatic carbocycles. The number of hydrogen-bond acceptors (Lipinski definition) is 6. The van der Waals surface area contributed by atoms with Crippen LogP contribution in [-0.4, -0.2) is 37.3 Å². The predicted molar refractivity (Wildman–Crippen MR) is 94.7 cm³/mol. The van der Waals surface area contributed by atoms with Gasteiger partial charge in [0, 0.05) is 42.8 Å². The van der Waals surface area contributed by atoms with Crippen LogP contribution in [0.25, 0.3) is 0 Å². The lowest BCUT2D eigenvalue weighted by atomic mass is 10.0. The van der Waals surface area contributed by atoms with Crippen molar-refractivity contribution in [2.24, 2.45) is 0 Å². The first-order chi connectivity index (χ1) is 11.6. The fourth-order valence-corrected chi connectivity index (χ4v) is 3.05. The minimum absolute atomic E-state index is 0.277. The second-order valence-corrected chi connectivity index (χ2v) is 6.32. The average Bonchev–Trinajstić information content (AvgIpc) is 3.09. The van der Waals surface area contributed by atoms with Crippen LogP contribution in [0.1, 0.15) is 23.6 Å². The maximum atomic E-state index is 6.11. The van der Waals surface area contributed by atoms with E-state index in [2.05, 4.69) is 9.97 Å². The molecule has 0 spiro atoms. The standard InChI is InChI=1S/C17H21ClN4O2/c1-22(9-12-7-13(18)3-4-15(12)23-2)16-8-14(20-17(19)21-16)11-5-6-24-10-11/h3-4,7-8,11H,5-6,9-10H2,1-2H3,(H2,19,20,21)/t11-/m0/s1. The lowest BCUT2D eigenvalue weighted by Crippen LogP contribution is -2.20. The van der Waals surface area contributed by atoms with Gasteiger partial charge in [0.05, 0.1) is 19.4 Å². The van der Waals surface area contributed by atoms with Crippen molar-refractivity contribution in [2.75, 3.05) is 38.0 Å². The molecule has 0 amide bonds. The van der Waals surface area contributed by atoms with Gasteiger partial charge in [-0.05, 0) is 24.6 Å². The van der Waals surface area contributed by atoms with Gasteiger partial charge in [-0.15, -0.1) is 0 Å². The van der Waals surface area contributed by atoms with Gasteiger partial charge in [0.2, 0.25) is 5.95 Å². The lowest BCUT2D eigenvalue weighted by molar-refractivity contribution is 0.193. The third-order valence-corrected chi connectivity index (χ3v) is 4.37. The lowest BCUT2D eigenvalue weighted by Gasteiger charge is -2.21. The van der Waals surface area contributed by atoms with Crippen molar-refractivity contribution < 1.29 is 9.47 Å². The van der Waals surface area contributed by atoms with Crippen LogP contribution in [0.15, 0.2) is 24.3 Å². The second kappa shape index (κ2) is 7.23. The Hall–Kier alpha value is -2.05. The van der Waals surface area contributed by atoms with Crippen molar-refractivity contribution in [3.63, 3.8) is 0 Å². The molecule has 0 bridgehead atoms. The van der Waals surface area contributed by atoms with Crippen molar-refractivity contribution in [1.29, 1.82) is 0 Å². The summed E-state index contributed by atoms with van der Waals surface area (Å²) in [5.74, 6) is 2.12. The molecule has 1 aliphatic heterocycles. The Bertz CT molecular complexity index is 720. The van der Waals surface area contributed by atoms with Crippen molar-refractivity contribution in [3.8, 4) is 5.75 Å². The van der Waals surface area contributed by atoms with Gasteiger partial charge in [-0.3, -0.25) is 0 Å². The first-order valence-electron chi connectivity index (χ1n) is 7.82. The minimum Gasteiger partial charge on any atom is -0.496 e. The molecule has 7 heteroatoms. The molecule has 2 aromatic rings. The molecule has 3 rings (SSSR count). The highest BCUT2D eigenvalue weighted by Crippen LogP contribution is 2.28. The largest absolute Gasteiger partial charge is 0.496 e. The smallest absolute Gasteiger partial charge is 0.222 e. The Morgan fingerprint density at radius 3 is 2.92 bits per heavy atom. The molecular weight excluding hydrogens is 328 g/mol. The van der Waals surface area contributed by atoms with Crippen molar-refractivity contribution in [3.05, 3.63) is 40.5 Å². The van der Waals surface area contributed by atoms with E-state index in [-0.39, 0.29) is 11.9 Å². The van der Waals surface area contributed by atoms with Crippen LogP contribution >= 0.6 is 11.6 Å². The Morgan fingerprint density at radius 2 is 2.21 bits per heavy atom. The molecule has 1 aromatic carbocycles. The third-order valence-electron chi connectivity index (χ3n) is 4.14. The number of hydrogen-bond donors (Lipinski definition) is 1. The van der Waals surface area contributed by atoms with E-state index in [1.165, 1.54) is 0 Å². The van der Waals surface area contributed by atoms with Gasteiger partial charge in [0.25, 0.3) is 0 Å². The number of anilines is 2.